The average Bonchev–Trinajstić information content (AvgIpc) is 3.74. The molecule has 0 aliphatic carbocycles. The third-order valence-corrected chi connectivity index (χ3v) is 13.1. The molecule has 17 heteroatoms. The summed E-state index contributed by atoms with van der Waals surface area (Å²) in [7, 11) is 1.94. The Labute approximate surface area is 378 Å². The molecule has 16 nitrogen and oxygen atoms in total. The van der Waals surface area contributed by atoms with Crippen molar-refractivity contribution in [1.82, 2.24) is 30.7 Å². The number of carboxylic acid groups (broad SMARTS) is 1. The van der Waals surface area contributed by atoms with Crippen molar-refractivity contribution in [2.24, 2.45) is 17.3 Å². The fraction of sp³-hybridized carbons (Fsp3) is 0.696. The van der Waals surface area contributed by atoms with Gasteiger partial charge in [-0.3, -0.25) is 24.1 Å². The number of nitrogens with two attached hydrogens (primary N) is 1. The van der Waals surface area contributed by atoms with E-state index < -0.39 is 60.3 Å². The van der Waals surface area contributed by atoms with Crippen LogP contribution in [0, 0.1) is 17.3 Å². The van der Waals surface area contributed by atoms with Crippen molar-refractivity contribution in [2.45, 2.75) is 155 Å². The van der Waals surface area contributed by atoms with Crippen molar-refractivity contribution in [3.63, 3.8) is 0 Å². The SMILES string of the molecule is CCCCCCN(C(=O)C(NC(=O)[C@H]1CCCCN1C)C(C)CC)C(CC(OC(=O)NCC(O)CO)c1nc(C(=O)NC(Cc2ccc(N)cc2)CC(C)(C)C(=O)O)cs1)C(C)C. The Morgan fingerprint density at radius 1 is 1.05 bits per heavy atom. The number of ether oxygens (including phenoxy) is 1. The summed E-state index contributed by atoms with van der Waals surface area (Å²) in [5, 5.41) is 39.7. The van der Waals surface area contributed by atoms with Crippen molar-refractivity contribution >= 4 is 46.8 Å². The number of aliphatic hydroxyl groups excluding tert-OH is 2. The predicted octanol–water partition coefficient (Wildman–Crippen LogP) is 5.53. The van der Waals surface area contributed by atoms with Gasteiger partial charge in [-0.2, -0.15) is 0 Å². The van der Waals surface area contributed by atoms with Gasteiger partial charge in [-0.25, -0.2) is 9.78 Å². The van der Waals surface area contributed by atoms with Crippen LogP contribution in [0.5, 0.6) is 0 Å². The standard InChI is InChI=1S/C46H75N7O9S/c1-9-11-12-14-22-53(43(58)39(30(5)10-2)51-41(57)36-16-13-15-21-52(36)8)37(29(3)4)24-38(62-45(61)48-26-34(55)27-54)42-50-35(28-63-42)40(56)49-33(25-46(6,7)44(59)60)23-31-17-19-32(47)20-18-31/h17-20,28-30,33-34,36-39,54-55H,9-16,21-27,47H2,1-8H3,(H,48,61)(H,49,56)(H,51,57)(H,59,60)/t30?,33?,34?,36-,37?,38?,39?/m1/s1. The van der Waals surface area contributed by atoms with Gasteiger partial charge in [0.1, 0.15) is 16.7 Å². The number of hydrogen-bond acceptors (Lipinski definition) is 12. The van der Waals surface area contributed by atoms with Gasteiger partial charge in [0.05, 0.1) is 24.2 Å². The Kier molecular flexibility index (Phi) is 21.7. The molecule has 1 aromatic heterocycles. The number of piperidine rings is 1. The minimum atomic E-state index is -1.22. The van der Waals surface area contributed by atoms with Gasteiger partial charge in [0.2, 0.25) is 11.8 Å². The van der Waals surface area contributed by atoms with Crippen LogP contribution in [0.25, 0.3) is 0 Å². The fourth-order valence-electron chi connectivity index (χ4n) is 7.90. The molecule has 0 saturated carbocycles. The summed E-state index contributed by atoms with van der Waals surface area (Å²) in [5.41, 5.74) is 6.19. The quantitative estimate of drug-likeness (QED) is 0.0456. The molecule has 7 atom stereocenters. The molecule has 1 aliphatic rings. The highest BCUT2D eigenvalue weighted by atomic mass is 32.1. The van der Waals surface area contributed by atoms with Crippen molar-refractivity contribution in [1.29, 1.82) is 0 Å². The number of carbonyl (C=O) groups excluding carboxylic acids is 4. The largest absolute Gasteiger partial charge is 0.481 e. The summed E-state index contributed by atoms with van der Waals surface area (Å²) in [4.78, 5) is 76.8. The van der Waals surface area contributed by atoms with Crippen LogP contribution in [0.15, 0.2) is 29.6 Å². The van der Waals surface area contributed by atoms with Crippen molar-refractivity contribution in [3.8, 4) is 0 Å². The molecule has 0 radical (unpaired) electrons. The molecule has 8 N–H and O–H groups in total. The van der Waals surface area contributed by atoms with Gasteiger partial charge in [0.25, 0.3) is 5.91 Å². The topological polar surface area (TPSA) is 237 Å². The molecule has 4 amide bonds. The maximum Gasteiger partial charge on any atom is 0.407 e. The molecule has 2 heterocycles. The summed E-state index contributed by atoms with van der Waals surface area (Å²) < 4.78 is 6.01. The monoisotopic (exact) mass is 902 g/mol. The minimum absolute atomic E-state index is 0.0379. The number of amides is 4. The second kappa shape index (κ2) is 25.8. The molecule has 354 valence electrons. The number of nitrogen functional groups attached to an aromatic ring is 1. The van der Waals surface area contributed by atoms with E-state index in [-0.39, 0.29) is 59.8 Å². The number of anilines is 1. The van der Waals surface area contributed by atoms with Crippen molar-refractivity contribution < 1.29 is 44.0 Å². The van der Waals surface area contributed by atoms with Gasteiger partial charge in [-0.1, -0.05) is 78.9 Å². The summed E-state index contributed by atoms with van der Waals surface area (Å²) in [6.07, 6.45) is 4.28. The number of aromatic nitrogens is 1. The lowest BCUT2D eigenvalue weighted by Crippen LogP contribution is -2.59. The first-order chi connectivity index (χ1) is 29.8. The Morgan fingerprint density at radius 2 is 1.75 bits per heavy atom. The van der Waals surface area contributed by atoms with Crippen molar-refractivity contribution in [2.75, 3.05) is 39.0 Å². The van der Waals surface area contributed by atoms with Gasteiger partial charge in [-0.05, 0) is 89.1 Å². The second-order valence-electron chi connectivity index (χ2n) is 18.2. The van der Waals surface area contributed by atoms with Crippen LogP contribution in [-0.4, -0.2) is 123 Å². The Balaban J connectivity index is 2.02. The zero-order valence-corrected chi connectivity index (χ0v) is 39.5. The molecule has 63 heavy (non-hydrogen) atoms. The van der Waals surface area contributed by atoms with E-state index >= 15 is 4.79 Å². The second-order valence-corrected chi connectivity index (χ2v) is 19.1. The molecule has 1 fully saturated rings. The normalized spacial score (nSPS) is 17.5. The summed E-state index contributed by atoms with van der Waals surface area (Å²) in [5.74, 6) is -2.26. The zero-order chi connectivity index (χ0) is 46.9. The van der Waals surface area contributed by atoms with E-state index in [4.69, 9.17) is 10.5 Å². The van der Waals surface area contributed by atoms with Crippen LogP contribution in [0.2, 0.25) is 0 Å². The molecule has 1 aromatic carbocycles. The number of carbonyl (C=O) groups is 5. The van der Waals surface area contributed by atoms with E-state index in [0.717, 1.165) is 62.0 Å². The Bertz CT molecular complexity index is 1760. The number of likely N-dealkylation sites (tertiary alicyclic amines) is 1. The number of aliphatic carboxylic acids is 1. The highest BCUT2D eigenvalue weighted by molar-refractivity contribution is 7.09. The number of unbranched alkanes of at least 4 members (excludes halogenated alkanes) is 3. The van der Waals surface area contributed by atoms with Gasteiger partial charge < -0.3 is 46.6 Å². The van der Waals surface area contributed by atoms with Crippen LogP contribution < -0.4 is 21.7 Å². The average molecular weight is 902 g/mol. The maximum absolute atomic E-state index is 15.0. The first-order valence-electron chi connectivity index (χ1n) is 22.7. The number of carboxylic acids is 1. The highest BCUT2D eigenvalue weighted by Crippen LogP contribution is 2.32. The number of hydrogen-bond donors (Lipinski definition) is 7. The molecule has 2 aromatic rings. The van der Waals surface area contributed by atoms with E-state index in [1.165, 1.54) is 0 Å². The van der Waals surface area contributed by atoms with Crippen LogP contribution in [-0.2, 0) is 25.5 Å². The van der Waals surface area contributed by atoms with Gasteiger partial charge in [-0.15, -0.1) is 11.3 Å². The Morgan fingerprint density at radius 3 is 2.35 bits per heavy atom. The van der Waals surface area contributed by atoms with Crippen LogP contribution in [0.1, 0.15) is 140 Å². The first kappa shape index (κ1) is 53.0. The molecule has 1 saturated heterocycles. The molecule has 3 rings (SSSR count). The van der Waals surface area contributed by atoms with Crippen LogP contribution >= 0.6 is 11.3 Å². The molecule has 1 aliphatic heterocycles. The number of benzene rings is 1. The van der Waals surface area contributed by atoms with Crippen LogP contribution in [0.3, 0.4) is 0 Å². The van der Waals surface area contributed by atoms with E-state index in [0.29, 0.717) is 31.5 Å². The lowest BCUT2D eigenvalue weighted by atomic mass is 9.84. The third-order valence-electron chi connectivity index (χ3n) is 12.1. The summed E-state index contributed by atoms with van der Waals surface area (Å²) >= 11 is 1.11. The number of likely N-dealkylation sites (N-methyl/N-ethyl adjacent to an activating group) is 1. The van der Waals surface area contributed by atoms with E-state index in [9.17, 15) is 34.5 Å². The van der Waals surface area contributed by atoms with Crippen molar-refractivity contribution in [3.05, 3.63) is 45.9 Å². The predicted molar refractivity (Wildman–Crippen MR) is 245 cm³/mol. The lowest BCUT2D eigenvalue weighted by molar-refractivity contribution is -0.147. The smallest absolute Gasteiger partial charge is 0.407 e. The number of nitrogens with zero attached hydrogens (tertiary/aromatic N) is 3. The number of aliphatic hydroxyl groups is 2. The number of thiazole rings is 1. The fourth-order valence-corrected chi connectivity index (χ4v) is 8.73. The van der Waals surface area contributed by atoms with Crippen LogP contribution in [0.4, 0.5) is 10.5 Å². The summed E-state index contributed by atoms with van der Waals surface area (Å²) in [6.45, 7) is 13.6. The zero-order valence-electron chi connectivity index (χ0n) is 38.7. The minimum Gasteiger partial charge on any atom is -0.481 e. The summed E-state index contributed by atoms with van der Waals surface area (Å²) in [6, 6.07) is 4.91. The molecular formula is C46H75N7O9S. The number of nitrogens with one attached hydrogen (secondary N) is 3. The number of rotatable bonds is 26. The highest BCUT2D eigenvalue weighted by Gasteiger charge is 2.39. The Hall–Kier alpha value is -4.32. The maximum atomic E-state index is 15.0. The van der Waals surface area contributed by atoms with E-state index in [1.807, 2.05) is 56.7 Å². The first-order valence-corrected chi connectivity index (χ1v) is 23.6. The molecule has 0 spiro atoms. The number of alkyl carbamates (subject to hydrolysis) is 1. The third kappa shape index (κ3) is 16.6. The molecule has 6 unspecified atom stereocenters. The van der Waals surface area contributed by atoms with Gasteiger partial charge in [0.15, 0.2) is 6.10 Å². The van der Waals surface area contributed by atoms with Gasteiger partial charge >= 0.3 is 12.1 Å². The van der Waals surface area contributed by atoms with E-state index in [1.54, 1.807) is 31.4 Å². The molecular weight excluding hydrogens is 827 g/mol. The van der Waals surface area contributed by atoms with Gasteiger partial charge in [0, 0.05) is 42.7 Å². The lowest BCUT2D eigenvalue weighted by Gasteiger charge is -2.40. The van der Waals surface area contributed by atoms with E-state index in [2.05, 4.69) is 27.9 Å². The molecule has 0 bridgehead atoms.